The van der Waals surface area contributed by atoms with E-state index >= 15 is 0 Å². The van der Waals surface area contributed by atoms with Gasteiger partial charge in [0, 0.05) is 33.6 Å². The van der Waals surface area contributed by atoms with Crippen molar-refractivity contribution < 1.29 is 8.78 Å². The summed E-state index contributed by atoms with van der Waals surface area (Å²) in [4.78, 5) is 4.27. The summed E-state index contributed by atoms with van der Waals surface area (Å²) in [5.41, 5.74) is 0.267. The average molecular weight is 349 g/mol. The molecule has 106 valence electrons. The quantitative estimate of drug-likeness (QED) is 0.728. The van der Waals surface area contributed by atoms with Crippen LogP contribution < -0.4 is 5.32 Å². The zero-order chi connectivity index (χ0) is 14.8. The van der Waals surface area contributed by atoms with Gasteiger partial charge in [-0.05, 0) is 30.3 Å². The first kappa shape index (κ1) is 13.9. The fourth-order valence-corrected chi connectivity index (χ4v) is 2.67. The molecule has 0 atom stereocenters. The van der Waals surface area contributed by atoms with Crippen LogP contribution in [-0.4, -0.2) is 4.98 Å². The Kier molecular flexibility index (Phi) is 3.84. The van der Waals surface area contributed by atoms with E-state index in [4.69, 9.17) is 0 Å². The number of nitrogens with zero attached hydrogens (tertiary/aromatic N) is 1. The normalized spacial score (nSPS) is 10.8. The van der Waals surface area contributed by atoms with Crippen LogP contribution >= 0.6 is 15.9 Å². The molecule has 1 aromatic heterocycles. The standard InChI is InChI=1S/C16H11BrF2N2/c17-14-3-1-2-13-12(14)6-7-20-16(13)21-9-10-8-11(18)4-5-15(10)19/h1-8H,9H2,(H,20,21). The number of rotatable bonds is 3. The fourth-order valence-electron chi connectivity index (χ4n) is 2.17. The summed E-state index contributed by atoms with van der Waals surface area (Å²) in [6.45, 7) is 0.169. The topological polar surface area (TPSA) is 24.9 Å². The van der Waals surface area contributed by atoms with Crippen LogP contribution in [0.15, 0.2) is 53.1 Å². The van der Waals surface area contributed by atoms with Gasteiger partial charge in [-0.25, -0.2) is 13.8 Å². The molecule has 21 heavy (non-hydrogen) atoms. The third kappa shape index (κ3) is 2.88. The number of pyridine rings is 1. The second kappa shape index (κ2) is 5.77. The molecule has 2 aromatic carbocycles. The predicted molar refractivity (Wildman–Crippen MR) is 83.1 cm³/mol. The van der Waals surface area contributed by atoms with E-state index < -0.39 is 11.6 Å². The molecule has 0 fully saturated rings. The van der Waals surface area contributed by atoms with Gasteiger partial charge in [-0.15, -0.1) is 0 Å². The summed E-state index contributed by atoms with van der Waals surface area (Å²) in [7, 11) is 0. The summed E-state index contributed by atoms with van der Waals surface area (Å²) in [5.74, 6) is -0.260. The maximum atomic E-state index is 13.6. The summed E-state index contributed by atoms with van der Waals surface area (Å²) in [5, 5.41) is 4.99. The van der Waals surface area contributed by atoms with Gasteiger partial charge in [0.2, 0.25) is 0 Å². The van der Waals surface area contributed by atoms with Gasteiger partial charge < -0.3 is 5.32 Å². The summed E-state index contributed by atoms with van der Waals surface area (Å²) in [6, 6.07) is 11.1. The van der Waals surface area contributed by atoms with E-state index in [2.05, 4.69) is 26.2 Å². The number of aromatic nitrogens is 1. The molecule has 0 saturated heterocycles. The monoisotopic (exact) mass is 348 g/mol. The molecule has 0 aliphatic heterocycles. The molecule has 1 N–H and O–H groups in total. The molecule has 2 nitrogen and oxygen atoms in total. The molecule has 0 bridgehead atoms. The zero-order valence-corrected chi connectivity index (χ0v) is 12.5. The molecule has 0 spiro atoms. The van der Waals surface area contributed by atoms with E-state index in [1.54, 1.807) is 6.20 Å². The van der Waals surface area contributed by atoms with Crippen molar-refractivity contribution in [2.24, 2.45) is 0 Å². The first-order chi connectivity index (χ1) is 10.1. The van der Waals surface area contributed by atoms with Crippen LogP contribution in [0.25, 0.3) is 10.8 Å². The maximum absolute atomic E-state index is 13.6. The summed E-state index contributed by atoms with van der Waals surface area (Å²) in [6.07, 6.45) is 1.68. The van der Waals surface area contributed by atoms with E-state index in [1.165, 1.54) is 6.07 Å². The van der Waals surface area contributed by atoms with E-state index in [9.17, 15) is 8.78 Å². The Bertz CT molecular complexity index is 805. The molecule has 0 radical (unpaired) electrons. The molecule has 0 unspecified atom stereocenters. The van der Waals surface area contributed by atoms with Gasteiger partial charge in [-0.1, -0.05) is 28.1 Å². The number of benzene rings is 2. The van der Waals surface area contributed by atoms with Crippen LogP contribution in [0.1, 0.15) is 5.56 Å². The number of fused-ring (bicyclic) bond motifs is 1. The van der Waals surface area contributed by atoms with Gasteiger partial charge in [0.25, 0.3) is 0 Å². The lowest BCUT2D eigenvalue weighted by molar-refractivity contribution is 0.587. The SMILES string of the molecule is Fc1ccc(F)c(CNc2nccc3c(Br)cccc23)c1. The van der Waals surface area contributed by atoms with Crippen molar-refractivity contribution in [3.8, 4) is 0 Å². The molecule has 3 aromatic rings. The van der Waals surface area contributed by atoms with Crippen molar-refractivity contribution >= 4 is 32.5 Å². The lowest BCUT2D eigenvalue weighted by Crippen LogP contribution is -2.04. The Labute approximate surface area is 129 Å². The minimum atomic E-state index is -0.457. The Morgan fingerprint density at radius 2 is 1.90 bits per heavy atom. The summed E-state index contributed by atoms with van der Waals surface area (Å²) >= 11 is 3.48. The van der Waals surface area contributed by atoms with Crippen LogP contribution in [0, 0.1) is 11.6 Å². The number of hydrogen-bond donors (Lipinski definition) is 1. The minimum Gasteiger partial charge on any atom is -0.365 e. The second-order valence-corrected chi connectivity index (χ2v) is 5.44. The molecule has 1 heterocycles. The van der Waals surface area contributed by atoms with Crippen LogP contribution in [0.5, 0.6) is 0 Å². The van der Waals surface area contributed by atoms with Crippen molar-refractivity contribution in [1.29, 1.82) is 0 Å². The van der Waals surface area contributed by atoms with Crippen LogP contribution in [0.4, 0.5) is 14.6 Å². The molecule has 0 aliphatic rings. The molecule has 5 heteroatoms. The van der Waals surface area contributed by atoms with Crippen molar-refractivity contribution in [3.05, 3.63) is 70.3 Å². The number of nitrogens with one attached hydrogen (secondary N) is 1. The van der Waals surface area contributed by atoms with Gasteiger partial charge in [-0.3, -0.25) is 0 Å². The highest BCUT2D eigenvalue weighted by molar-refractivity contribution is 9.10. The predicted octanol–water partition coefficient (Wildman–Crippen LogP) is 4.89. The van der Waals surface area contributed by atoms with E-state index in [0.29, 0.717) is 5.82 Å². The Balaban J connectivity index is 1.92. The zero-order valence-electron chi connectivity index (χ0n) is 10.9. The van der Waals surface area contributed by atoms with Crippen LogP contribution in [0.2, 0.25) is 0 Å². The smallest absolute Gasteiger partial charge is 0.134 e. The molecule has 0 saturated carbocycles. The van der Waals surface area contributed by atoms with Crippen LogP contribution in [-0.2, 0) is 6.54 Å². The van der Waals surface area contributed by atoms with Crippen molar-refractivity contribution in [2.45, 2.75) is 6.54 Å². The van der Waals surface area contributed by atoms with E-state index in [-0.39, 0.29) is 12.1 Å². The minimum absolute atomic E-state index is 0.169. The van der Waals surface area contributed by atoms with Gasteiger partial charge in [-0.2, -0.15) is 0 Å². The van der Waals surface area contributed by atoms with Gasteiger partial charge in [0.1, 0.15) is 17.5 Å². The summed E-state index contributed by atoms with van der Waals surface area (Å²) < 4.78 is 27.7. The highest BCUT2D eigenvalue weighted by atomic mass is 79.9. The average Bonchev–Trinajstić information content (AvgIpc) is 2.49. The van der Waals surface area contributed by atoms with Crippen molar-refractivity contribution in [3.63, 3.8) is 0 Å². The number of halogens is 3. The Hall–Kier alpha value is -2.01. The fraction of sp³-hybridized carbons (Fsp3) is 0.0625. The number of anilines is 1. The lowest BCUT2D eigenvalue weighted by atomic mass is 10.1. The first-order valence-corrected chi connectivity index (χ1v) is 7.15. The molecule has 0 aliphatic carbocycles. The Morgan fingerprint density at radius 3 is 2.76 bits per heavy atom. The van der Waals surface area contributed by atoms with E-state index in [1.807, 2.05) is 24.3 Å². The van der Waals surface area contributed by atoms with Gasteiger partial charge in [0.15, 0.2) is 0 Å². The first-order valence-electron chi connectivity index (χ1n) is 6.36. The van der Waals surface area contributed by atoms with Gasteiger partial charge in [0.05, 0.1) is 0 Å². The molecular weight excluding hydrogens is 338 g/mol. The lowest BCUT2D eigenvalue weighted by Gasteiger charge is -2.10. The largest absolute Gasteiger partial charge is 0.365 e. The second-order valence-electron chi connectivity index (χ2n) is 4.58. The number of hydrogen-bond acceptors (Lipinski definition) is 2. The Morgan fingerprint density at radius 1 is 1.05 bits per heavy atom. The van der Waals surface area contributed by atoms with Crippen molar-refractivity contribution in [2.75, 3.05) is 5.32 Å². The highest BCUT2D eigenvalue weighted by Crippen LogP contribution is 2.28. The maximum Gasteiger partial charge on any atom is 0.134 e. The molecular formula is C16H11BrF2N2. The van der Waals surface area contributed by atoms with E-state index in [0.717, 1.165) is 27.4 Å². The van der Waals surface area contributed by atoms with Crippen molar-refractivity contribution in [1.82, 2.24) is 4.98 Å². The third-order valence-electron chi connectivity index (χ3n) is 3.21. The molecule has 0 amide bonds. The third-order valence-corrected chi connectivity index (χ3v) is 3.90. The van der Waals surface area contributed by atoms with Gasteiger partial charge >= 0.3 is 0 Å². The molecule has 3 rings (SSSR count). The van der Waals surface area contributed by atoms with Crippen LogP contribution in [0.3, 0.4) is 0 Å². The highest BCUT2D eigenvalue weighted by Gasteiger charge is 2.07.